The van der Waals surface area contributed by atoms with Crippen LogP contribution in [0.2, 0.25) is 0 Å². The van der Waals surface area contributed by atoms with Gasteiger partial charge < -0.3 is 10.6 Å². The van der Waals surface area contributed by atoms with Gasteiger partial charge >= 0.3 is 0 Å². The molecular weight excluding hydrogens is 220 g/mol. The van der Waals surface area contributed by atoms with E-state index in [1.54, 1.807) is 13.8 Å². The van der Waals surface area contributed by atoms with Crippen molar-refractivity contribution in [2.24, 2.45) is 17.1 Å². The Hall–Kier alpha value is -0.640. The molecule has 0 aliphatic heterocycles. The second-order valence-electron chi connectivity index (χ2n) is 5.48. The predicted octanol–water partition coefficient (Wildman–Crippen LogP) is 1.95. The molecule has 0 atom stereocenters. The Balaban J connectivity index is 2.76. The van der Waals surface area contributed by atoms with Crippen molar-refractivity contribution < 1.29 is 4.79 Å². The summed E-state index contributed by atoms with van der Waals surface area (Å²) in [6, 6.07) is 0.210. The van der Waals surface area contributed by atoms with Crippen LogP contribution in [0.3, 0.4) is 0 Å². The molecule has 1 saturated carbocycles. The first-order valence-corrected chi connectivity index (χ1v) is 6.28. The van der Waals surface area contributed by atoms with Crippen molar-refractivity contribution in [1.82, 2.24) is 4.90 Å². The Morgan fingerprint density at radius 1 is 1.50 bits per heavy atom. The zero-order chi connectivity index (χ0) is 12.5. The molecule has 0 aromatic rings. The fourth-order valence-electron chi connectivity index (χ4n) is 1.57. The maximum atomic E-state index is 12.4. The van der Waals surface area contributed by atoms with Gasteiger partial charge in [0.2, 0.25) is 5.91 Å². The number of amides is 1. The highest BCUT2D eigenvalue weighted by Crippen LogP contribution is 2.32. The van der Waals surface area contributed by atoms with E-state index in [0.29, 0.717) is 5.92 Å². The van der Waals surface area contributed by atoms with E-state index in [4.69, 9.17) is 18.0 Å². The van der Waals surface area contributed by atoms with Gasteiger partial charge in [0.25, 0.3) is 0 Å². The molecule has 0 unspecified atom stereocenters. The molecular formula is C12H22N2OS. The molecule has 0 saturated heterocycles. The lowest BCUT2D eigenvalue weighted by Gasteiger charge is -2.34. The number of nitrogens with two attached hydrogens (primary N) is 1. The van der Waals surface area contributed by atoms with E-state index in [0.717, 1.165) is 6.54 Å². The van der Waals surface area contributed by atoms with Gasteiger partial charge in [-0.05, 0) is 46.5 Å². The van der Waals surface area contributed by atoms with Crippen molar-refractivity contribution in [3.05, 3.63) is 0 Å². The largest absolute Gasteiger partial charge is 0.392 e. The van der Waals surface area contributed by atoms with Crippen LogP contribution in [-0.4, -0.2) is 28.4 Å². The monoisotopic (exact) mass is 242 g/mol. The molecule has 0 aromatic carbocycles. The molecule has 16 heavy (non-hydrogen) atoms. The van der Waals surface area contributed by atoms with Crippen LogP contribution < -0.4 is 5.73 Å². The second-order valence-corrected chi connectivity index (χ2v) is 5.92. The molecule has 0 aromatic heterocycles. The highest BCUT2D eigenvalue weighted by molar-refractivity contribution is 7.80. The number of carbonyl (C=O) groups is 1. The average molecular weight is 242 g/mol. The van der Waals surface area contributed by atoms with E-state index in [2.05, 4.69) is 0 Å². The Bertz CT molecular complexity index is 295. The lowest BCUT2D eigenvalue weighted by molar-refractivity contribution is -0.139. The Labute approximate surface area is 103 Å². The Morgan fingerprint density at radius 2 is 2.00 bits per heavy atom. The van der Waals surface area contributed by atoms with Gasteiger partial charge in [0.05, 0.1) is 10.4 Å². The number of hydrogen-bond acceptors (Lipinski definition) is 2. The normalized spacial score (nSPS) is 16.3. The van der Waals surface area contributed by atoms with Gasteiger partial charge in [-0.3, -0.25) is 4.79 Å². The third-order valence-corrected chi connectivity index (χ3v) is 3.70. The quantitative estimate of drug-likeness (QED) is 0.750. The van der Waals surface area contributed by atoms with E-state index in [9.17, 15) is 4.79 Å². The summed E-state index contributed by atoms with van der Waals surface area (Å²) in [5.74, 6) is 0.746. The number of hydrogen-bond donors (Lipinski definition) is 1. The number of carbonyl (C=O) groups excluding carboxylic acids is 1. The Morgan fingerprint density at radius 3 is 2.31 bits per heavy atom. The fraction of sp³-hybridized carbons (Fsp3) is 0.833. The molecule has 2 N–H and O–H groups in total. The highest BCUT2D eigenvalue weighted by Gasteiger charge is 2.38. The molecule has 1 aliphatic carbocycles. The third-order valence-electron chi connectivity index (χ3n) is 3.19. The summed E-state index contributed by atoms with van der Waals surface area (Å²) in [5.41, 5.74) is 4.91. The van der Waals surface area contributed by atoms with Crippen molar-refractivity contribution in [3.63, 3.8) is 0 Å². The topological polar surface area (TPSA) is 46.3 Å². The molecule has 4 heteroatoms. The molecule has 3 nitrogen and oxygen atoms in total. The molecule has 0 heterocycles. The third kappa shape index (κ3) is 2.94. The first-order chi connectivity index (χ1) is 7.26. The first kappa shape index (κ1) is 13.4. The van der Waals surface area contributed by atoms with E-state index in [1.807, 2.05) is 18.7 Å². The van der Waals surface area contributed by atoms with Crippen LogP contribution in [-0.2, 0) is 4.79 Å². The second kappa shape index (κ2) is 4.70. The molecule has 0 radical (unpaired) electrons. The van der Waals surface area contributed by atoms with Crippen LogP contribution in [0, 0.1) is 11.3 Å². The van der Waals surface area contributed by atoms with Gasteiger partial charge in [-0.2, -0.15) is 0 Å². The molecule has 0 spiro atoms. The minimum absolute atomic E-state index is 0.0573. The van der Waals surface area contributed by atoms with Gasteiger partial charge in [-0.15, -0.1) is 0 Å². The zero-order valence-electron chi connectivity index (χ0n) is 10.6. The van der Waals surface area contributed by atoms with Crippen molar-refractivity contribution in [1.29, 1.82) is 0 Å². The molecule has 1 aliphatic rings. The minimum atomic E-state index is -0.728. The van der Waals surface area contributed by atoms with Crippen LogP contribution in [0.1, 0.15) is 40.5 Å². The molecule has 92 valence electrons. The number of rotatable bonds is 5. The molecule has 1 fully saturated rings. The van der Waals surface area contributed by atoms with Gasteiger partial charge in [0, 0.05) is 12.6 Å². The number of nitrogens with zero attached hydrogens (tertiary/aromatic N) is 1. The van der Waals surface area contributed by atoms with Gasteiger partial charge in [-0.25, -0.2) is 0 Å². The SMILES string of the molecule is CC(C)N(CC1CC1)C(=O)C(C)(C)C(N)=S. The first-order valence-electron chi connectivity index (χ1n) is 5.87. The summed E-state index contributed by atoms with van der Waals surface area (Å²) >= 11 is 4.97. The van der Waals surface area contributed by atoms with Crippen molar-refractivity contribution in [3.8, 4) is 0 Å². The smallest absolute Gasteiger partial charge is 0.235 e. The molecule has 1 rings (SSSR count). The summed E-state index contributed by atoms with van der Waals surface area (Å²) in [7, 11) is 0. The van der Waals surface area contributed by atoms with Gasteiger partial charge in [0.1, 0.15) is 0 Å². The number of thiocarbonyl (C=S) groups is 1. The van der Waals surface area contributed by atoms with Crippen LogP contribution >= 0.6 is 12.2 Å². The average Bonchev–Trinajstić information content (AvgIpc) is 2.95. The summed E-state index contributed by atoms with van der Waals surface area (Å²) < 4.78 is 0. The fourth-order valence-corrected chi connectivity index (χ4v) is 1.66. The lowest BCUT2D eigenvalue weighted by atomic mass is 9.91. The van der Waals surface area contributed by atoms with Crippen LogP contribution in [0.15, 0.2) is 0 Å². The highest BCUT2D eigenvalue weighted by atomic mass is 32.1. The maximum Gasteiger partial charge on any atom is 0.235 e. The van der Waals surface area contributed by atoms with Gasteiger partial charge in [0.15, 0.2) is 0 Å². The summed E-state index contributed by atoms with van der Waals surface area (Å²) in [6.07, 6.45) is 2.48. The standard InChI is InChI=1S/C12H22N2OS/c1-8(2)14(7-9-5-6-9)11(15)12(3,4)10(13)16/h8-9H,5-7H2,1-4H3,(H2,13,16). The van der Waals surface area contributed by atoms with E-state index < -0.39 is 5.41 Å². The summed E-state index contributed by atoms with van der Waals surface area (Å²) in [5, 5.41) is 0. The van der Waals surface area contributed by atoms with E-state index in [-0.39, 0.29) is 16.9 Å². The lowest BCUT2D eigenvalue weighted by Crippen LogP contribution is -2.50. The Kier molecular flexibility index (Phi) is 3.94. The minimum Gasteiger partial charge on any atom is -0.392 e. The van der Waals surface area contributed by atoms with Crippen LogP contribution in [0.4, 0.5) is 0 Å². The molecule has 1 amide bonds. The summed E-state index contributed by atoms with van der Waals surface area (Å²) in [6.45, 7) is 8.54. The van der Waals surface area contributed by atoms with Crippen molar-refractivity contribution in [2.75, 3.05) is 6.54 Å². The molecule has 0 bridgehead atoms. The van der Waals surface area contributed by atoms with Gasteiger partial charge in [-0.1, -0.05) is 12.2 Å². The van der Waals surface area contributed by atoms with Crippen molar-refractivity contribution in [2.45, 2.75) is 46.6 Å². The zero-order valence-corrected chi connectivity index (χ0v) is 11.4. The summed E-state index contributed by atoms with van der Waals surface area (Å²) in [4.78, 5) is 14.6. The van der Waals surface area contributed by atoms with Crippen LogP contribution in [0.25, 0.3) is 0 Å². The van der Waals surface area contributed by atoms with Crippen LogP contribution in [0.5, 0.6) is 0 Å². The van der Waals surface area contributed by atoms with Crippen molar-refractivity contribution >= 4 is 23.1 Å². The predicted molar refractivity (Wildman–Crippen MR) is 70.1 cm³/mol. The van der Waals surface area contributed by atoms with E-state index >= 15 is 0 Å². The maximum absolute atomic E-state index is 12.4. The van der Waals surface area contributed by atoms with E-state index in [1.165, 1.54) is 12.8 Å².